The van der Waals surface area contributed by atoms with Gasteiger partial charge in [0.15, 0.2) is 5.96 Å². The van der Waals surface area contributed by atoms with Crippen molar-refractivity contribution in [1.29, 1.82) is 0 Å². The van der Waals surface area contributed by atoms with Crippen LogP contribution in [0, 0.1) is 0 Å². The van der Waals surface area contributed by atoms with Gasteiger partial charge in [0.1, 0.15) is 0 Å². The molecule has 0 aliphatic carbocycles. The number of nitrogens with zero attached hydrogens (tertiary/aromatic N) is 2. The lowest BCUT2D eigenvalue weighted by Gasteiger charge is -2.12. The summed E-state index contributed by atoms with van der Waals surface area (Å²) >= 11 is 0. The smallest absolute Gasteiger partial charge is 0.357 e. The third-order valence-electron chi connectivity index (χ3n) is 3.45. The molecular weight excluding hydrogens is 456 g/mol. The number of aromatic nitrogens is 1. The molecule has 0 aliphatic heterocycles. The molecule has 4 nitrogen and oxygen atoms in total. The van der Waals surface area contributed by atoms with Crippen LogP contribution in [-0.2, 0) is 19.1 Å². The Bertz CT molecular complexity index is 690. The van der Waals surface area contributed by atoms with Crippen LogP contribution in [0.1, 0.15) is 23.6 Å². The first-order valence-electron chi connectivity index (χ1n) is 8.06. The van der Waals surface area contributed by atoms with Crippen LogP contribution in [0.15, 0.2) is 53.8 Å². The van der Waals surface area contributed by atoms with E-state index >= 15 is 0 Å². The van der Waals surface area contributed by atoms with Gasteiger partial charge in [-0.2, -0.15) is 13.2 Å². The van der Waals surface area contributed by atoms with E-state index in [0.29, 0.717) is 24.6 Å². The zero-order chi connectivity index (χ0) is 18.1. The summed E-state index contributed by atoms with van der Waals surface area (Å²) in [6.07, 6.45) is -0.0418. The largest absolute Gasteiger partial charge is 0.416 e. The minimum absolute atomic E-state index is 0. The van der Waals surface area contributed by atoms with Gasteiger partial charge in [0.2, 0.25) is 0 Å². The molecule has 2 rings (SSSR count). The Hall–Kier alpha value is -1.84. The lowest BCUT2D eigenvalue weighted by molar-refractivity contribution is -0.137. The fourth-order valence-corrected chi connectivity index (χ4v) is 2.23. The summed E-state index contributed by atoms with van der Waals surface area (Å²) in [5, 5.41) is 6.26. The lowest BCUT2D eigenvalue weighted by atomic mass is 10.1. The van der Waals surface area contributed by atoms with Gasteiger partial charge in [0, 0.05) is 25.5 Å². The Kier molecular flexibility index (Phi) is 9.39. The van der Waals surface area contributed by atoms with Gasteiger partial charge < -0.3 is 10.6 Å². The summed E-state index contributed by atoms with van der Waals surface area (Å²) in [6, 6.07) is 9.09. The van der Waals surface area contributed by atoms with Crippen LogP contribution in [0.5, 0.6) is 0 Å². The van der Waals surface area contributed by atoms with E-state index in [2.05, 4.69) is 20.6 Å². The van der Waals surface area contributed by atoms with Crippen molar-refractivity contribution >= 4 is 29.9 Å². The Balaban J connectivity index is 0.00000338. The number of alkyl halides is 3. The third kappa shape index (κ3) is 7.59. The zero-order valence-corrected chi connectivity index (χ0v) is 16.7. The van der Waals surface area contributed by atoms with Crippen molar-refractivity contribution in [2.24, 2.45) is 4.99 Å². The van der Waals surface area contributed by atoms with Crippen molar-refractivity contribution in [2.45, 2.75) is 26.1 Å². The van der Waals surface area contributed by atoms with Crippen LogP contribution in [0.2, 0.25) is 0 Å². The molecule has 2 N–H and O–H groups in total. The molecule has 0 saturated heterocycles. The predicted octanol–water partition coefficient (Wildman–Crippen LogP) is 4.02. The third-order valence-corrected chi connectivity index (χ3v) is 3.45. The number of hydrogen-bond acceptors (Lipinski definition) is 2. The van der Waals surface area contributed by atoms with Gasteiger partial charge in [0.05, 0.1) is 12.1 Å². The first-order chi connectivity index (χ1) is 12.0. The number of halogens is 4. The van der Waals surface area contributed by atoms with Crippen LogP contribution < -0.4 is 10.6 Å². The first kappa shape index (κ1) is 22.2. The summed E-state index contributed by atoms with van der Waals surface area (Å²) in [5.74, 6) is 0.573. The fraction of sp³-hybridized carbons (Fsp3) is 0.333. The van der Waals surface area contributed by atoms with Crippen LogP contribution in [-0.4, -0.2) is 24.0 Å². The SMILES string of the molecule is CCNC(=NCc1cccc(C(F)(F)F)c1)NCCc1cccnc1.I. The van der Waals surface area contributed by atoms with Crippen molar-refractivity contribution in [2.75, 3.05) is 13.1 Å². The van der Waals surface area contributed by atoms with Crippen molar-refractivity contribution in [3.63, 3.8) is 0 Å². The standard InChI is InChI=1S/C18H21F3N4.HI/c1-2-23-17(24-10-8-14-6-4-9-22-12-14)25-13-15-5-3-7-16(11-15)18(19,20)21;/h3-7,9,11-12H,2,8,10,13H2,1H3,(H2,23,24,25);1H. The monoisotopic (exact) mass is 478 g/mol. The van der Waals surface area contributed by atoms with Crippen LogP contribution in [0.3, 0.4) is 0 Å². The van der Waals surface area contributed by atoms with Gasteiger partial charge in [-0.1, -0.05) is 18.2 Å². The van der Waals surface area contributed by atoms with Crippen molar-refractivity contribution in [3.8, 4) is 0 Å². The van der Waals surface area contributed by atoms with E-state index in [9.17, 15) is 13.2 Å². The number of rotatable bonds is 6. The van der Waals surface area contributed by atoms with Gasteiger partial charge in [-0.05, 0) is 42.7 Å². The minimum Gasteiger partial charge on any atom is -0.357 e. The topological polar surface area (TPSA) is 49.3 Å². The Morgan fingerprint density at radius 1 is 1.12 bits per heavy atom. The molecule has 142 valence electrons. The highest BCUT2D eigenvalue weighted by molar-refractivity contribution is 14.0. The fourth-order valence-electron chi connectivity index (χ4n) is 2.23. The maximum absolute atomic E-state index is 12.7. The molecule has 2 aromatic rings. The molecule has 8 heteroatoms. The van der Waals surface area contributed by atoms with E-state index in [4.69, 9.17) is 0 Å². The Morgan fingerprint density at radius 3 is 2.54 bits per heavy atom. The number of guanidine groups is 1. The van der Waals surface area contributed by atoms with E-state index < -0.39 is 11.7 Å². The second-order valence-electron chi connectivity index (χ2n) is 5.43. The molecular formula is C18H22F3IN4. The lowest BCUT2D eigenvalue weighted by Crippen LogP contribution is -2.38. The van der Waals surface area contributed by atoms with Gasteiger partial charge in [-0.3, -0.25) is 4.98 Å². The summed E-state index contributed by atoms with van der Waals surface area (Å²) in [7, 11) is 0. The molecule has 26 heavy (non-hydrogen) atoms. The van der Waals surface area contributed by atoms with Crippen molar-refractivity contribution in [3.05, 3.63) is 65.5 Å². The van der Waals surface area contributed by atoms with Gasteiger partial charge in [-0.15, -0.1) is 24.0 Å². The number of benzene rings is 1. The molecule has 0 aliphatic rings. The van der Waals surface area contributed by atoms with Crippen LogP contribution in [0.4, 0.5) is 13.2 Å². The van der Waals surface area contributed by atoms with Gasteiger partial charge in [-0.25, -0.2) is 4.99 Å². The van der Waals surface area contributed by atoms with Gasteiger partial charge in [0.25, 0.3) is 0 Å². The molecule has 0 radical (unpaired) electrons. The highest BCUT2D eigenvalue weighted by Crippen LogP contribution is 2.29. The Labute approximate surface area is 168 Å². The average molecular weight is 478 g/mol. The maximum Gasteiger partial charge on any atom is 0.416 e. The molecule has 0 fully saturated rings. The molecule has 1 heterocycles. The average Bonchev–Trinajstić information content (AvgIpc) is 2.60. The van der Waals surface area contributed by atoms with Gasteiger partial charge >= 0.3 is 6.18 Å². The first-order valence-corrected chi connectivity index (χ1v) is 8.06. The second kappa shape index (κ2) is 11.0. The molecule has 0 bridgehead atoms. The number of nitrogens with one attached hydrogen (secondary N) is 2. The molecule has 0 saturated carbocycles. The second-order valence-corrected chi connectivity index (χ2v) is 5.43. The summed E-state index contributed by atoms with van der Waals surface area (Å²) in [4.78, 5) is 8.41. The maximum atomic E-state index is 12.7. The Morgan fingerprint density at radius 2 is 1.88 bits per heavy atom. The molecule has 0 atom stereocenters. The molecule has 0 spiro atoms. The van der Waals surface area contributed by atoms with Crippen LogP contribution in [0.25, 0.3) is 0 Å². The zero-order valence-electron chi connectivity index (χ0n) is 14.4. The summed E-state index contributed by atoms with van der Waals surface area (Å²) in [6.45, 7) is 3.43. The molecule has 0 unspecified atom stereocenters. The van der Waals surface area contributed by atoms with Crippen LogP contribution >= 0.6 is 24.0 Å². The normalized spacial score (nSPS) is 11.6. The van der Waals surface area contributed by atoms with E-state index in [1.807, 2.05) is 19.1 Å². The highest BCUT2D eigenvalue weighted by Gasteiger charge is 2.30. The number of hydrogen-bond donors (Lipinski definition) is 2. The van der Waals surface area contributed by atoms with E-state index in [-0.39, 0.29) is 30.5 Å². The van der Waals surface area contributed by atoms with E-state index in [0.717, 1.165) is 24.1 Å². The summed E-state index contributed by atoms with van der Waals surface area (Å²) < 4.78 is 38.2. The molecule has 1 aromatic heterocycles. The van der Waals surface area contributed by atoms with Crippen molar-refractivity contribution < 1.29 is 13.2 Å². The molecule has 0 amide bonds. The predicted molar refractivity (Wildman–Crippen MR) is 108 cm³/mol. The van der Waals surface area contributed by atoms with E-state index in [1.54, 1.807) is 18.5 Å². The van der Waals surface area contributed by atoms with E-state index in [1.165, 1.54) is 6.07 Å². The van der Waals surface area contributed by atoms with Crippen molar-refractivity contribution in [1.82, 2.24) is 15.6 Å². The molecule has 1 aromatic carbocycles. The number of pyridine rings is 1. The quantitative estimate of drug-likeness (QED) is 0.375. The number of aliphatic imine (C=N–C) groups is 1. The highest BCUT2D eigenvalue weighted by atomic mass is 127. The summed E-state index contributed by atoms with van der Waals surface area (Å²) in [5.41, 5.74) is 0.956. The minimum atomic E-state index is -4.34.